The zero-order valence-electron chi connectivity index (χ0n) is 16.1. The fraction of sp³-hybridized carbons (Fsp3) is 0.333. The van der Waals surface area contributed by atoms with Crippen molar-refractivity contribution in [2.45, 2.75) is 6.92 Å². The normalized spacial score (nSPS) is 14.5. The molecule has 2 amide bonds. The summed E-state index contributed by atoms with van der Waals surface area (Å²) in [5.74, 6) is 0.390. The molecule has 3 rings (SSSR count). The molecule has 0 aromatic heterocycles. The molecule has 2 aromatic carbocycles. The van der Waals surface area contributed by atoms with E-state index in [9.17, 15) is 9.59 Å². The lowest BCUT2D eigenvalue weighted by Gasteiger charge is -2.34. The number of nitrogens with one attached hydrogen (secondary N) is 2. The first-order valence-electron chi connectivity index (χ1n) is 9.57. The second-order valence-corrected chi connectivity index (χ2v) is 6.80. The van der Waals surface area contributed by atoms with Crippen molar-refractivity contribution in [3.8, 4) is 5.75 Å². The number of amides is 2. The van der Waals surface area contributed by atoms with Gasteiger partial charge in [0, 0.05) is 11.3 Å². The molecule has 7 heteroatoms. The van der Waals surface area contributed by atoms with Gasteiger partial charge in [-0.15, -0.1) is 0 Å². The fourth-order valence-electron chi connectivity index (χ4n) is 3.39. The first-order chi connectivity index (χ1) is 13.6. The number of para-hydroxylation sites is 2. The van der Waals surface area contributed by atoms with Crippen LogP contribution in [0.4, 0.5) is 11.4 Å². The van der Waals surface area contributed by atoms with Crippen molar-refractivity contribution in [3.05, 3.63) is 54.1 Å². The van der Waals surface area contributed by atoms with Crippen molar-refractivity contribution in [2.24, 2.45) is 5.73 Å². The smallest absolute Gasteiger partial charge is 0.279 e. The summed E-state index contributed by atoms with van der Waals surface area (Å²) >= 11 is 0. The number of ether oxygens (including phenoxy) is 1. The number of quaternary nitrogens is 1. The maximum atomic E-state index is 12.3. The Morgan fingerprint density at radius 1 is 1.11 bits per heavy atom. The second kappa shape index (κ2) is 9.23. The third-order valence-electron chi connectivity index (χ3n) is 4.84. The van der Waals surface area contributed by atoms with Crippen LogP contribution in [0.15, 0.2) is 48.5 Å². The van der Waals surface area contributed by atoms with E-state index in [0.29, 0.717) is 24.4 Å². The van der Waals surface area contributed by atoms with Crippen molar-refractivity contribution < 1.29 is 19.2 Å². The number of hydrogen-bond donors (Lipinski definition) is 3. The van der Waals surface area contributed by atoms with Gasteiger partial charge in [-0.1, -0.05) is 12.1 Å². The van der Waals surface area contributed by atoms with Crippen molar-refractivity contribution in [1.82, 2.24) is 0 Å². The Morgan fingerprint density at radius 2 is 1.79 bits per heavy atom. The molecule has 4 N–H and O–H groups in total. The minimum absolute atomic E-state index is 0.0370. The Balaban J connectivity index is 1.50. The molecule has 1 heterocycles. The summed E-state index contributed by atoms with van der Waals surface area (Å²) in [5.41, 5.74) is 7.43. The molecule has 7 nitrogen and oxygen atoms in total. The molecular weight excluding hydrogens is 356 g/mol. The number of anilines is 2. The van der Waals surface area contributed by atoms with E-state index in [0.717, 1.165) is 37.6 Å². The monoisotopic (exact) mass is 383 g/mol. The minimum atomic E-state index is -0.480. The molecule has 1 saturated heterocycles. The summed E-state index contributed by atoms with van der Waals surface area (Å²) in [6.45, 7) is 6.56. The molecule has 0 bridgehead atoms. The minimum Gasteiger partial charge on any atom is -0.492 e. The molecule has 1 aliphatic heterocycles. The van der Waals surface area contributed by atoms with E-state index in [4.69, 9.17) is 10.5 Å². The SMILES string of the molecule is CCOc1ccccc1N1CC[NH+](CC(=O)Nc2ccc(C(N)=O)cc2)CC1. The first kappa shape index (κ1) is 19.7. The van der Waals surface area contributed by atoms with Crippen LogP contribution in [-0.2, 0) is 4.79 Å². The highest BCUT2D eigenvalue weighted by molar-refractivity contribution is 5.95. The van der Waals surface area contributed by atoms with Crippen LogP contribution in [0.3, 0.4) is 0 Å². The lowest BCUT2D eigenvalue weighted by atomic mass is 10.2. The van der Waals surface area contributed by atoms with E-state index < -0.39 is 5.91 Å². The van der Waals surface area contributed by atoms with Gasteiger partial charge in [-0.05, 0) is 43.3 Å². The number of carbonyl (C=O) groups excluding carboxylic acids is 2. The molecule has 28 heavy (non-hydrogen) atoms. The highest BCUT2D eigenvalue weighted by Crippen LogP contribution is 2.27. The van der Waals surface area contributed by atoms with Crippen LogP contribution in [0, 0.1) is 0 Å². The number of nitrogens with zero attached hydrogens (tertiary/aromatic N) is 1. The summed E-state index contributed by atoms with van der Waals surface area (Å²) in [6.07, 6.45) is 0. The van der Waals surface area contributed by atoms with Crippen LogP contribution in [-0.4, -0.2) is 51.1 Å². The molecule has 148 valence electrons. The molecular formula is C21H27N4O3+. The van der Waals surface area contributed by atoms with Crippen molar-refractivity contribution in [3.63, 3.8) is 0 Å². The average molecular weight is 383 g/mol. The molecule has 0 spiro atoms. The number of primary amides is 1. The van der Waals surface area contributed by atoms with E-state index in [1.165, 1.54) is 4.90 Å². The second-order valence-electron chi connectivity index (χ2n) is 6.80. The topological polar surface area (TPSA) is 89.1 Å². The number of benzene rings is 2. The Labute approximate surface area is 165 Å². The van der Waals surface area contributed by atoms with Crippen molar-refractivity contribution in [1.29, 1.82) is 0 Å². The van der Waals surface area contributed by atoms with Crippen LogP contribution < -0.4 is 25.6 Å². The fourth-order valence-corrected chi connectivity index (χ4v) is 3.39. The van der Waals surface area contributed by atoms with Gasteiger partial charge in [0.1, 0.15) is 5.75 Å². The van der Waals surface area contributed by atoms with Gasteiger partial charge in [-0.25, -0.2) is 0 Å². The molecule has 0 unspecified atom stereocenters. The number of carbonyl (C=O) groups is 2. The van der Waals surface area contributed by atoms with Gasteiger partial charge in [-0.3, -0.25) is 9.59 Å². The summed E-state index contributed by atoms with van der Waals surface area (Å²) < 4.78 is 5.73. The van der Waals surface area contributed by atoms with E-state index in [-0.39, 0.29) is 5.91 Å². The van der Waals surface area contributed by atoms with E-state index in [1.807, 2.05) is 25.1 Å². The Hall–Kier alpha value is -3.06. The molecule has 0 aliphatic carbocycles. The van der Waals surface area contributed by atoms with Crippen LogP contribution in [0.25, 0.3) is 0 Å². The Kier molecular flexibility index (Phi) is 6.49. The lowest BCUT2D eigenvalue weighted by Crippen LogP contribution is -3.15. The molecule has 0 radical (unpaired) electrons. The summed E-state index contributed by atoms with van der Waals surface area (Å²) in [6, 6.07) is 14.7. The third kappa shape index (κ3) is 5.01. The standard InChI is InChI=1S/C21H26N4O3/c1-2-28-19-6-4-3-5-18(19)25-13-11-24(12-14-25)15-20(26)23-17-9-7-16(8-10-17)21(22)27/h3-10H,2,11-15H2,1H3,(H2,22,27)(H,23,26)/p+1. The first-order valence-corrected chi connectivity index (χ1v) is 9.57. The zero-order valence-corrected chi connectivity index (χ0v) is 16.1. The predicted molar refractivity (Wildman–Crippen MR) is 109 cm³/mol. The Morgan fingerprint density at radius 3 is 2.43 bits per heavy atom. The van der Waals surface area contributed by atoms with Crippen molar-refractivity contribution in [2.75, 3.05) is 49.5 Å². The maximum absolute atomic E-state index is 12.3. The van der Waals surface area contributed by atoms with Gasteiger partial charge in [0.15, 0.2) is 6.54 Å². The van der Waals surface area contributed by atoms with E-state index in [1.54, 1.807) is 24.3 Å². The van der Waals surface area contributed by atoms with Gasteiger partial charge in [0.05, 0.1) is 38.5 Å². The van der Waals surface area contributed by atoms with Crippen molar-refractivity contribution >= 4 is 23.2 Å². The quantitative estimate of drug-likeness (QED) is 0.651. The molecule has 0 atom stereocenters. The highest BCUT2D eigenvalue weighted by atomic mass is 16.5. The summed E-state index contributed by atoms with van der Waals surface area (Å²) in [7, 11) is 0. The Bertz CT molecular complexity index is 815. The number of nitrogens with two attached hydrogens (primary N) is 1. The number of rotatable bonds is 7. The van der Waals surface area contributed by atoms with Gasteiger partial charge in [-0.2, -0.15) is 0 Å². The third-order valence-corrected chi connectivity index (χ3v) is 4.84. The van der Waals surface area contributed by atoms with E-state index in [2.05, 4.69) is 16.3 Å². The zero-order chi connectivity index (χ0) is 19.9. The molecule has 0 saturated carbocycles. The predicted octanol–water partition coefficient (Wildman–Crippen LogP) is 0.528. The van der Waals surface area contributed by atoms with Gasteiger partial charge in [0.25, 0.3) is 5.91 Å². The molecule has 1 fully saturated rings. The number of piperazine rings is 1. The van der Waals surface area contributed by atoms with Crippen LogP contribution in [0.5, 0.6) is 5.75 Å². The van der Waals surface area contributed by atoms with Gasteiger partial charge < -0.3 is 25.6 Å². The number of hydrogen-bond acceptors (Lipinski definition) is 4. The van der Waals surface area contributed by atoms with Crippen LogP contribution in [0.1, 0.15) is 17.3 Å². The molecule has 2 aromatic rings. The molecule has 1 aliphatic rings. The lowest BCUT2D eigenvalue weighted by molar-refractivity contribution is -0.892. The largest absolute Gasteiger partial charge is 0.492 e. The summed E-state index contributed by atoms with van der Waals surface area (Å²) in [5, 5.41) is 2.88. The highest BCUT2D eigenvalue weighted by Gasteiger charge is 2.24. The van der Waals surface area contributed by atoms with Gasteiger partial charge in [0.2, 0.25) is 5.91 Å². The van der Waals surface area contributed by atoms with Gasteiger partial charge >= 0.3 is 0 Å². The van der Waals surface area contributed by atoms with Crippen LogP contribution >= 0.6 is 0 Å². The van der Waals surface area contributed by atoms with E-state index >= 15 is 0 Å². The maximum Gasteiger partial charge on any atom is 0.279 e. The summed E-state index contributed by atoms with van der Waals surface area (Å²) in [4.78, 5) is 27.0. The average Bonchev–Trinajstić information content (AvgIpc) is 2.70. The van der Waals surface area contributed by atoms with Crippen LogP contribution in [0.2, 0.25) is 0 Å².